The van der Waals surface area contributed by atoms with Crippen LogP contribution in [0.25, 0.3) is 0 Å². The minimum absolute atomic E-state index is 0.209. The average molecular weight is 401 g/mol. The quantitative estimate of drug-likeness (QED) is 0.597. The number of carbonyl (C=O) groups excluding carboxylic acids is 2. The van der Waals surface area contributed by atoms with E-state index < -0.39 is 0 Å². The summed E-state index contributed by atoms with van der Waals surface area (Å²) in [6.45, 7) is 0. The largest absolute Gasteiger partial charge is 0.497 e. The molecule has 22 heavy (non-hydrogen) atoms. The minimum Gasteiger partial charge on any atom is -0.497 e. The molecule has 0 saturated heterocycles. The molecule has 8 heteroatoms. The van der Waals surface area contributed by atoms with Gasteiger partial charge >= 0.3 is 0 Å². The van der Waals surface area contributed by atoms with Gasteiger partial charge in [0.05, 0.1) is 21.5 Å². The van der Waals surface area contributed by atoms with E-state index in [9.17, 15) is 9.59 Å². The maximum absolute atomic E-state index is 11.8. The van der Waals surface area contributed by atoms with Crippen LogP contribution >= 0.6 is 39.0 Å². The van der Waals surface area contributed by atoms with Crippen LogP contribution in [0.15, 0.2) is 45.1 Å². The maximum atomic E-state index is 11.8. The van der Waals surface area contributed by atoms with Crippen molar-refractivity contribution in [3.8, 4) is 5.75 Å². The van der Waals surface area contributed by atoms with Crippen molar-refractivity contribution in [3.05, 3.63) is 45.1 Å². The van der Waals surface area contributed by atoms with Gasteiger partial charge in [0.2, 0.25) is 5.91 Å². The Morgan fingerprint density at radius 1 is 1.18 bits per heavy atom. The Morgan fingerprint density at radius 3 is 2.50 bits per heavy atom. The third kappa shape index (κ3) is 5.04. The lowest BCUT2D eigenvalue weighted by molar-refractivity contribution is -0.119. The van der Waals surface area contributed by atoms with Crippen LogP contribution in [-0.4, -0.2) is 24.7 Å². The molecule has 0 aliphatic heterocycles. The Morgan fingerprint density at radius 2 is 1.91 bits per heavy atom. The Hall–Kier alpha value is -1.51. The molecule has 116 valence electrons. The molecule has 1 aromatic carbocycles. The molecule has 0 aliphatic carbocycles. The first kappa shape index (κ1) is 16.9. The van der Waals surface area contributed by atoms with E-state index in [0.717, 1.165) is 14.4 Å². The summed E-state index contributed by atoms with van der Waals surface area (Å²) in [4.78, 5) is 24.9. The van der Waals surface area contributed by atoms with Crippen LogP contribution < -0.4 is 15.6 Å². The van der Waals surface area contributed by atoms with Gasteiger partial charge < -0.3 is 4.74 Å². The second-order valence-corrected chi connectivity index (χ2v) is 7.58. The molecule has 0 atom stereocenters. The van der Waals surface area contributed by atoms with Crippen molar-refractivity contribution in [1.82, 2.24) is 10.9 Å². The van der Waals surface area contributed by atoms with E-state index in [0.29, 0.717) is 4.88 Å². The number of halogens is 1. The van der Waals surface area contributed by atoms with Crippen molar-refractivity contribution in [1.29, 1.82) is 0 Å². The summed E-state index contributed by atoms with van der Waals surface area (Å²) in [6, 6.07) is 10.9. The number of thiophene rings is 1. The van der Waals surface area contributed by atoms with Crippen LogP contribution in [-0.2, 0) is 4.79 Å². The van der Waals surface area contributed by atoms with Gasteiger partial charge in [-0.05, 0) is 52.3 Å². The number of hydrazine groups is 1. The molecule has 0 aliphatic rings. The van der Waals surface area contributed by atoms with E-state index in [1.54, 1.807) is 19.2 Å². The van der Waals surface area contributed by atoms with Gasteiger partial charge in [-0.3, -0.25) is 20.4 Å². The van der Waals surface area contributed by atoms with E-state index in [1.165, 1.54) is 23.1 Å². The molecule has 0 saturated carbocycles. The predicted octanol–water partition coefficient (Wildman–Crippen LogP) is 3.07. The number of hydrogen-bond donors (Lipinski definition) is 2. The van der Waals surface area contributed by atoms with Gasteiger partial charge in [0.25, 0.3) is 5.91 Å². The van der Waals surface area contributed by atoms with Crippen LogP contribution in [0, 0.1) is 0 Å². The number of hydrogen-bond acceptors (Lipinski definition) is 5. The summed E-state index contributed by atoms with van der Waals surface area (Å²) in [7, 11) is 1.60. The molecular weight excluding hydrogens is 388 g/mol. The zero-order valence-corrected chi connectivity index (χ0v) is 14.8. The number of methoxy groups -OCH3 is 1. The number of carbonyl (C=O) groups is 2. The molecule has 1 heterocycles. The lowest BCUT2D eigenvalue weighted by Crippen LogP contribution is -2.42. The Balaban J connectivity index is 1.74. The van der Waals surface area contributed by atoms with Crippen molar-refractivity contribution in [2.75, 3.05) is 12.9 Å². The number of nitrogens with one attached hydrogen (secondary N) is 2. The fourth-order valence-electron chi connectivity index (χ4n) is 1.48. The summed E-state index contributed by atoms with van der Waals surface area (Å²) in [5.74, 6) is 0.368. The first-order valence-electron chi connectivity index (χ1n) is 6.20. The van der Waals surface area contributed by atoms with Gasteiger partial charge in [-0.25, -0.2) is 0 Å². The molecule has 2 amide bonds. The van der Waals surface area contributed by atoms with E-state index in [4.69, 9.17) is 4.74 Å². The highest BCUT2D eigenvalue weighted by molar-refractivity contribution is 9.11. The Labute approximate surface area is 144 Å². The minimum atomic E-state index is -0.335. The van der Waals surface area contributed by atoms with Crippen LogP contribution in [0.4, 0.5) is 0 Å². The summed E-state index contributed by atoms with van der Waals surface area (Å²) >= 11 is 5.95. The Kier molecular flexibility index (Phi) is 6.29. The summed E-state index contributed by atoms with van der Waals surface area (Å²) < 4.78 is 5.93. The molecule has 2 aromatic rings. The van der Waals surface area contributed by atoms with E-state index in [2.05, 4.69) is 26.8 Å². The number of benzene rings is 1. The second-order valence-electron chi connectivity index (χ2n) is 4.07. The van der Waals surface area contributed by atoms with Crippen LogP contribution in [0.3, 0.4) is 0 Å². The molecule has 0 unspecified atom stereocenters. The molecule has 0 bridgehead atoms. The first-order chi connectivity index (χ1) is 10.6. The standard InChI is InChI=1S/C14H13BrN2O3S2/c1-20-9-2-4-10(5-3-9)21-8-13(18)16-17-14(19)11-6-7-12(15)22-11/h2-7H,8H2,1H3,(H,16,18)(H,17,19). The monoisotopic (exact) mass is 400 g/mol. The van der Waals surface area contributed by atoms with Crippen LogP contribution in [0.2, 0.25) is 0 Å². The number of thioether (sulfide) groups is 1. The van der Waals surface area contributed by atoms with Gasteiger partial charge in [0, 0.05) is 4.90 Å². The lowest BCUT2D eigenvalue weighted by atomic mass is 10.3. The summed E-state index contributed by atoms with van der Waals surface area (Å²) in [5.41, 5.74) is 4.77. The highest BCUT2D eigenvalue weighted by Crippen LogP contribution is 2.22. The van der Waals surface area contributed by atoms with Gasteiger partial charge in [-0.1, -0.05) is 0 Å². The van der Waals surface area contributed by atoms with Crippen molar-refractivity contribution < 1.29 is 14.3 Å². The maximum Gasteiger partial charge on any atom is 0.279 e. The van der Waals surface area contributed by atoms with E-state index in [1.807, 2.05) is 24.3 Å². The normalized spacial score (nSPS) is 10.1. The van der Waals surface area contributed by atoms with Crippen molar-refractivity contribution in [2.45, 2.75) is 4.90 Å². The third-order valence-electron chi connectivity index (χ3n) is 2.54. The van der Waals surface area contributed by atoms with Crippen molar-refractivity contribution in [3.63, 3.8) is 0 Å². The highest BCUT2D eigenvalue weighted by Gasteiger charge is 2.10. The van der Waals surface area contributed by atoms with Gasteiger partial charge in [0.15, 0.2) is 0 Å². The van der Waals surface area contributed by atoms with Gasteiger partial charge in [0.1, 0.15) is 5.75 Å². The molecule has 5 nitrogen and oxygen atoms in total. The van der Waals surface area contributed by atoms with Crippen LogP contribution in [0.1, 0.15) is 9.67 Å². The smallest absolute Gasteiger partial charge is 0.279 e. The van der Waals surface area contributed by atoms with Gasteiger partial charge in [-0.15, -0.1) is 23.1 Å². The topological polar surface area (TPSA) is 67.4 Å². The Bertz CT molecular complexity index is 658. The predicted molar refractivity (Wildman–Crippen MR) is 91.3 cm³/mol. The number of rotatable bonds is 5. The molecule has 0 fully saturated rings. The van der Waals surface area contributed by atoms with Crippen molar-refractivity contribution in [2.24, 2.45) is 0 Å². The van der Waals surface area contributed by atoms with Crippen LogP contribution in [0.5, 0.6) is 5.75 Å². The molecule has 1 aromatic heterocycles. The SMILES string of the molecule is COc1ccc(SCC(=O)NNC(=O)c2ccc(Br)s2)cc1. The van der Waals surface area contributed by atoms with E-state index in [-0.39, 0.29) is 17.6 Å². The second kappa shape index (κ2) is 8.21. The average Bonchev–Trinajstić information content (AvgIpc) is 2.97. The highest BCUT2D eigenvalue weighted by atomic mass is 79.9. The van der Waals surface area contributed by atoms with Crippen molar-refractivity contribution >= 4 is 50.8 Å². The fourth-order valence-corrected chi connectivity index (χ4v) is 3.46. The molecule has 0 radical (unpaired) electrons. The van der Waals surface area contributed by atoms with E-state index >= 15 is 0 Å². The van der Waals surface area contributed by atoms with Gasteiger partial charge in [-0.2, -0.15) is 0 Å². The first-order valence-corrected chi connectivity index (χ1v) is 8.79. The third-order valence-corrected chi connectivity index (χ3v) is 5.18. The summed E-state index contributed by atoms with van der Waals surface area (Å²) in [5, 5.41) is 0. The number of ether oxygens (including phenoxy) is 1. The zero-order valence-electron chi connectivity index (χ0n) is 11.6. The lowest BCUT2D eigenvalue weighted by Gasteiger charge is -2.06. The summed E-state index contributed by atoms with van der Waals surface area (Å²) in [6.07, 6.45) is 0. The molecular formula is C14H13BrN2O3S2. The number of amides is 2. The molecule has 0 spiro atoms. The molecule has 2 rings (SSSR count). The molecule has 2 N–H and O–H groups in total. The zero-order chi connectivity index (χ0) is 15.9. The fraction of sp³-hybridized carbons (Fsp3) is 0.143.